The average Bonchev–Trinajstić information content (AvgIpc) is 2.48. The fourth-order valence-corrected chi connectivity index (χ4v) is 1.88. The highest BCUT2D eigenvalue weighted by molar-refractivity contribution is 5.78. The molecule has 1 aliphatic rings. The minimum atomic E-state index is -0.0391. The number of aromatic nitrogens is 1. The molecule has 0 bridgehead atoms. The van der Waals surface area contributed by atoms with Gasteiger partial charge in [-0.3, -0.25) is 9.98 Å². The Hall–Kier alpha value is -2.36. The molecule has 0 saturated heterocycles. The molecule has 4 heteroatoms. The lowest BCUT2D eigenvalue weighted by Crippen LogP contribution is -2.31. The van der Waals surface area contributed by atoms with Gasteiger partial charge in [-0.15, -0.1) is 0 Å². The summed E-state index contributed by atoms with van der Waals surface area (Å²) < 4.78 is 11.4. The second-order valence-electron chi connectivity index (χ2n) is 4.28. The lowest BCUT2D eigenvalue weighted by Gasteiger charge is -2.25. The van der Waals surface area contributed by atoms with E-state index in [1.54, 1.807) is 18.6 Å². The van der Waals surface area contributed by atoms with Crippen LogP contribution in [0.2, 0.25) is 0 Å². The van der Waals surface area contributed by atoms with Crippen molar-refractivity contribution in [3.05, 3.63) is 54.4 Å². The molecule has 2 heterocycles. The van der Waals surface area contributed by atoms with Gasteiger partial charge in [0.15, 0.2) is 17.6 Å². The minimum Gasteiger partial charge on any atom is -0.486 e. The van der Waals surface area contributed by atoms with Crippen LogP contribution < -0.4 is 9.47 Å². The molecular formula is C15H14N2O2. The van der Waals surface area contributed by atoms with E-state index >= 15 is 0 Å². The maximum atomic E-state index is 5.82. The zero-order valence-electron chi connectivity index (χ0n) is 10.4. The smallest absolute Gasteiger partial charge is 0.161 e. The van der Waals surface area contributed by atoms with Crippen LogP contribution in [0.3, 0.4) is 0 Å². The van der Waals surface area contributed by atoms with E-state index in [2.05, 4.69) is 9.98 Å². The third-order valence-electron chi connectivity index (χ3n) is 2.80. The van der Waals surface area contributed by atoms with Gasteiger partial charge in [-0.1, -0.05) is 18.2 Å². The van der Waals surface area contributed by atoms with E-state index in [9.17, 15) is 0 Å². The summed E-state index contributed by atoms with van der Waals surface area (Å²) in [6, 6.07) is 11.5. The highest BCUT2D eigenvalue weighted by Gasteiger charge is 2.19. The van der Waals surface area contributed by atoms with Gasteiger partial charge in [0, 0.05) is 24.2 Å². The first kappa shape index (κ1) is 11.7. The predicted octanol–water partition coefficient (Wildman–Crippen LogP) is 2.34. The van der Waals surface area contributed by atoms with Crippen LogP contribution in [-0.2, 0) is 0 Å². The Morgan fingerprint density at radius 3 is 2.95 bits per heavy atom. The Bertz CT molecular complexity index is 569. The summed E-state index contributed by atoms with van der Waals surface area (Å²) in [5.74, 6) is 1.59. The van der Waals surface area contributed by atoms with Gasteiger partial charge in [0.05, 0.1) is 6.54 Å². The van der Waals surface area contributed by atoms with Crippen molar-refractivity contribution in [1.82, 2.24) is 4.98 Å². The number of fused-ring (bicyclic) bond motifs is 1. The Balaban J connectivity index is 1.59. The molecule has 96 valence electrons. The van der Waals surface area contributed by atoms with Crippen molar-refractivity contribution in [2.24, 2.45) is 4.99 Å². The molecule has 0 aliphatic carbocycles. The van der Waals surface area contributed by atoms with Crippen LogP contribution in [-0.4, -0.2) is 30.5 Å². The molecule has 1 atom stereocenters. The molecule has 1 unspecified atom stereocenters. The maximum absolute atomic E-state index is 5.82. The molecule has 3 rings (SSSR count). The van der Waals surface area contributed by atoms with Crippen molar-refractivity contribution in [3.8, 4) is 11.5 Å². The van der Waals surface area contributed by atoms with Crippen molar-refractivity contribution in [2.75, 3.05) is 13.2 Å². The largest absolute Gasteiger partial charge is 0.486 e. The van der Waals surface area contributed by atoms with Gasteiger partial charge >= 0.3 is 0 Å². The van der Waals surface area contributed by atoms with Crippen LogP contribution in [0.1, 0.15) is 5.56 Å². The highest BCUT2D eigenvalue weighted by atomic mass is 16.6. The van der Waals surface area contributed by atoms with Gasteiger partial charge in [0.2, 0.25) is 0 Å². The van der Waals surface area contributed by atoms with Gasteiger partial charge in [0.25, 0.3) is 0 Å². The Morgan fingerprint density at radius 2 is 2.11 bits per heavy atom. The van der Waals surface area contributed by atoms with E-state index in [0.29, 0.717) is 13.2 Å². The average molecular weight is 254 g/mol. The van der Waals surface area contributed by atoms with E-state index in [0.717, 1.165) is 17.1 Å². The number of rotatable bonds is 3. The molecular weight excluding hydrogens is 240 g/mol. The number of nitrogens with zero attached hydrogens (tertiary/aromatic N) is 2. The van der Waals surface area contributed by atoms with Gasteiger partial charge in [-0.25, -0.2) is 0 Å². The molecule has 0 fully saturated rings. The van der Waals surface area contributed by atoms with Crippen molar-refractivity contribution in [2.45, 2.75) is 6.10 Å². The molecule has 4 nitrogen and oxygen atoms in total. The SMILES string of the molecule is C(=NCC1COc2ccccc2O1)c1cccnc1. The second-order valence-corrected chi connectivity index (χ2v) is 4.28. The second kappa shape index (κ2) is 5.52. The molecule has 19 heavy (non-hydrogen) atoms. The molecule has 1 aromatic carbocycles. The van der Waals surface area contributed by atoms with Crippen molar-refractivity contribution >= 4 is 6.21 Å². The molecule has 1 aromatic heterocycles. The molecule has 2 aromatic rings. The fraction of sp³-hybridized carbons (Fsp3) is 0.200. The number of benzene rings is 1. The Kier molecular flexibility index (Phi) is 3.40. The third kappa shape index (κ3) is 2.91. The van der Waals surface area contributed by atoms with Crippen LogP contribution in [0.15, 0.2) is 53.8 Å². The van der Waals surface area contributed by atoms with Gasteiger partial charge in [-0.05, 0) is 18.2 Å². The lowest BCUT2D eigenvalue weighted by atomic mass is 10.2. The summed E-state index contributed by atoms with van der Waals surface area (Å²) in [5, 5.41) is 0. The lowest BCUT2D eigenvalue weighted by molar-refractivity contribution is 0.0973. The number of ether oxygens (including phenoxy) is 2. The Labute approximate surface area is 111 Å². The van der Waals surface area contributed by atoms with Gasteiger partial charge in [-0.2, -0.15) is 0 Å². The van der Waals surface area contributed by atoms with Crippen LogP contribution in [0.5, 0.6) is 11.5 Å². The minimum absolute atomic E-state index is 0.0391. The van der Waals surface area contributed by atoms with E-state index in [1.807, 2.05) is 36.4 Å². The van der Waals surface area contributed by atoms with Gasteiger partial charge < -0.3 is 9.47 Å². The molecule has 1 aliphatic heterocycles. The van der Waals surface area contributed by atoms with Crippen molar-refractivity contribution < 1.29 is 9.47 Å². The summed E-state index contributed by atoms with van der Waals surface area (Å²) in [7, 11) is 0. The standard InChI is InChI=1S/C15H14N2O2/c1-2-6-15-14(5-1)18-11-13(19-15)10-17-9-12-4-3-7-16-8-12/h1-9,13H,10-11H2. The highest BCUT2D eigenvalue weighted by Crippen LogP contribution is 2.30. The maximum Gasteiger partial charge on any atom is 0.161 e. The fourth-order valence-electron chi connectivity index (χ4n) is 1.88. The number of para-hydroxylation sites is 2. The van der Waals surface area contributed by atoms with E-state index in [4.69, 9.17) is 9.47 Å². The zero-order valence-corrected chi connectivity index (χ0v) is 10.4. The quantitative estimate of drug-likeness (QED) is 0.790. The summed E-state index contributed by atoms with van der Waals surface area (Å²) in [6.45, 7) is 1.10. The topological polar surface area (TPSA) is 43.7 Å². The van der Waals surface area contributed by atoms with Crippen LogP contribution >= 0.6 is 0 Å². The first-order valence-corrected chi connectivity index (χ1v) is 6.20. The third-order valence-corrected chi connectivity index (χ3v) is 2.80. The van der Waals surface area contributed by atoms with E-state index in [1.165, 1.54) is 0 Å². The number of hydrogen-bond acceptors (Lipinski definition) is 4. The normalized spacial score (nSPS) is 17.6. The van der Waals surface area contributed by atoms with E-state index < -0.39 is 0 Å². The monoisotopic (exact) mass is 254 g/mol. The van der Waals surface area contributed by atoms with Crippen LogP contribution in [0.25, 0.3) is 0 Å². The summed E-state index contributed by atoms with van der Waals surface area (Å²) >= 11 is 0. The molecule has 0 N–H and O–H groups in total. The number of pyridine rings is 1. The first-order valence-electron chi connectivity index (χ1n) is 6.20. The number of hydrogen-bond donors (Lipinski definition) is 0. The number of aliphatic imine (C=N–C) groups is 1. The predicted molar refractivity (Wildman–Crippen MR) is 73.1 cm³/mol. The molecule has 0 spiro atoms. The molecule has 0 radical (unpaired) electrons. The first-order chi connectivity index (χ1) is 9.42. The molecule has 0 amide bonds. The van der Waals surface area contributed by atoms with Crippen LogP contribution in [0.4, 0.5) is 0 Å². The molecule has 0 saturated carbocycles. The summed E-state index contributed by atoms with van der Waals surface area (Å²) in [6.07, 6.45) is 5.28. The van der Waals surface area contributed by atoms with Crippen molar-refractivity contribution in [3.63, 3.8) is 0 Å². The van der Waals surface area contributed by atoms with Crippen molar-refractivity contribution in [1.29, 1.82) is 0 Å². The summed E-state index contributed by atoms with van der Waals surface area (Å²) in [5.41, 5.74) is 0.986. The van der Waals surface area contributed by atoms with Gasteiger partial charge in [0.1, 0.15) is 6.61 Å². The Morgan fingerprint density at radius 1 is 1.21 bits per heavy atom. The summed E-state index contributed by atoms with van der Waals surface area (Å²) in [4.78, 5) is 8.40. The van der Waals surface area contributed by atoms with Crippen LogP contribution in [0, 0.1) is 0 Å². The van der Waals surface area contributed by atoms with E-state index in [-0.39, 0.29) is 6.10 Å². The zero-order chi connectivity index (χ0) is 12.9.